The Morgan fingerprint density at radius 2 is 2.00 bits per heavy atom. The van der Waals surface area contributed by atoms with Crippen molar-refractivity contribution in [3.63, 3.8) is 0 Å². The zero-order valence-corrected chi connectivity index (χ0v) is 12.8. The summed E-state index contributed by atoms with van der Waals surface area (Å²) in [6, 6.07) is 6.79. The lowest BCUT2D eigenvalue weighted by molar-refractivity contribution is 0.552. The molecule has 0 aliphatic carbocycles. The van der Waals surface area contributed by atoms with Gasteiger partial charge in [-0.15, -0.1) is 10.2 Å². The highest BCUT2D eigenvalue weighted by Crippen LogP contribution is 2.14. The van der Waals surface area contributed by atoms with Crippen LogP contribution in [0.4, 0.5) is 0 Å². The molecule has 0 bridgehead atoms. The van der Waals surface area contributed by atoms with Gasteiger partial charge in [0.1, 0.15) is 12.2 Å². The maximum absolute atomic E-state index is 12.3. The van der Waals surface area contributed by atoms with Crippen LogP contribution < -0.4 is 10.5 Å². The smallest absolute Gasteiger partial charge is 0.216 e. The molecule has 3 N–H and O–H groups in total. The van der Waals surface area contributed by atoms with Crippen molar-refractivity contribution in [3.05, 3.63) is 47.5 Å². The summed E-state index contributed by atoms with van der Waals surface area (Å²) < 4.78 is 28.8. The monoisotopic (exact) mass is 309 g/mol. The van der Waals surface area contributed by atoms with Gasteiger partial charge in [-0.2, -0.15) is 0 Å². The van der Waals surface area contributed by atoms with E-state index in [1.54, 1.807) is 30.7 Å². The van der Waals surface area contributed by atoms with Crippen molar-refractivity contribution < 1.29 is 8.42 Å². The number of hydrogen-bond donors (Lipinski definition) is 2. The van der Waals surface area contributed by atoms with Crippen LogP contribution >= 0.6 is 0 Å². The van der Waals surface area contributed by atoms with E-state index in [4.69, 9.17) is 5.73 Å². The molecule has 0 radical (unpaired) electrons. The number of nitrogens with one attached hydrogen (secondary N) is 1. The summed E-state index contributed by atoms with van der Waals surface area (Å²) in [7, 11) is -1.73. The van der Waals surface area contributed by atoms with E-state index < -0.39 is 16.1 Å². The van der Waals surface area contributed by atoms with Gasteiger partial charge in [-0.3, -0.25) is 0 Å². The second-order valence-electron chi connectivity index (χ2n) is 4.87. The third-order valence-electron chi connectivity index (χ3n) is 3.17. The normalized spacial score (nSPS) is 13.3. The maximum Gasteiger partial charge on any atom is 0.216 e. The molecule has 1 aromatic carbocycles. The molecule has 1 unspecified atom stereocenters. The molecule has 0 aliphatic heterocycles. The minimum atomic E-state index is -3.50. The summed E-state index contributed by atoms with van der Waals surface area (Å²) in [6.07, 6.45) is 1.53. The van der Waals surface area contributed by atoms with Crippen LogP contribution in [0, 0.1) is 0 Å². The second kappa shape index (κ2) is 6.33. The first kappa shape index (κ1) is 15.6. The molecule has 7 nitrogen and oxygen atoms in total. The third-order valence-corrected chi connectivity index (χ3v) is 4.58. The summed E-state index contributed by atoms with van der Waals surface area (Å²) in [5.41, 5.74) is 7.17. The number of benzene rings is 1. The van der Waals surface area contributed by atoms with Gasteiger partial charge in [-0.1, -0.05) is 24.3 Å². The number of sulfonamides is 1. The first-order valence-electron chi connectivity index (χ1n) is 6.53. The maximum atomic E-state index is 12.3. The van der Waals surface area contributed by atoms with E-state index in [-0.39, 0.29) is 5.75 Å². The number of hydrogen-bond acceptors (Lipinski definition) is 5. The van der Waals surface area contributed by atoms with Crippen molar-refractivity contribution in [1.82, 2.24) is 19.5 Å². The van der Waals surface area contributed by atoms with Gasteiger partial charge in [0, 0.05) is 13.6 Å². The summed E-state index contributed by atoms with van der Waals surface area (Å²) in [5.74, 6) is 0.452. The van der Waals surface area contributed by atoms with Crippen LogP contribution in [0.25, 0.3) is 0 Å². The van der Waals surface area contributed by atoms with Crippen LogP contribution in [-0.4, -0.2) is 23.2 Å². The number of rotatable bonds is 6. The van der Waals surface area contributed by atoms with Gasteiger partial charge in [0.15, 0.2) is 0 Å². The minimum absolute atomic E-state index is 0.109. The molecule has 1 atom stereocenters. The fourth-order valence-corrected chi connectivity index (χ4v) is 3.57. The van der Waals surface area contributed by atoms with Crippen LogP contribution in [0.1, 0.15) is 29.9 Å². The van der Waals surface area contributed by atoms with Crippen LogP contribution in [0.5, 0.6) is 0 Å². The van der Waals surface area contributed by atoms with Crippen molar-refractivity contribution in [3.8, 4) is 0 Å². The Morgan fingerprint density at radius 3 is 2.57 bits per heavy atom. The van der Waals surface area contributed by atoms with Gasteiger partial charge in [0.25, 0.3) is 0 Å². The molecule has 2 aromatic rings. The highest BCUT2D eigenvalue weighted by Gasteiger charge is 2.20. The van der Waals surface area contributed by atoms with E-state index in [0.717, 1.165) is 5.56 Å². The Bertz CT molecular complexity index is 711. The van der Waals surface area contributed by atoms with Gasteiger partial charge in [-0.25, -0.2) is 13.1 Å². The summed E-state index contributed by atoms with van der Waals surface area (Å²) in [4.78, 5) is 0. The van der Waals surface area contributed by atoms with E-state index in [2.05, 4.69) is 14.9 Å². The molecule has 2 rings (SSSR count). The fraction of sp³-hybridized carbons (Fsp3) is 0.385. The molecular formula is C13H19N5O2S. The standard InChI is InChI=1S/C13H19N5O2S/c1-10(13-16-15-9-18(13)2)17-21(19,20)8-12-6-4-3-5-11(12)7-14/h3-6,9-10,17H,7-8,14H2,1-2H3. The van der Waals surface area contributed by atoms with E-state index in [1.165, 1.54) is 6.33 Å². The predicted molar refractivity (Wildman–Crippen MR) is 79.5 cm³/mol. The van der Waals surface area contributed by atoms with Crippen molar-refractivity contribution in [2.45, 2.75) is 25.3 Å². The Morgan fingerprint density at radius 1 is 1.33 bits per heavy atom. The first-order valence-corrected chi connectivity index (χ1v) is 8.19. The Hall–Kier alpha value is -1.77. The topological polar surface area (TPSA) is 103 Å². The molecule has 0 saturated carbocycles. The van der Waals surface area contributed by atoms with Crippen molar-refractivity contribution in [2.24, 2.45) is 12.8 Å². The number of aromatic nitrogens is 3. The molecule has 1 aromatic heterocycles. The lowest BCUT2D eigenvalue weighted by Crippen LogP contribution is -2.30. The molecule has 21 heavy (non-hydrogen) atoms. The minimum Gasteiger partial charge on any atom is -0.326 e. The van der Waals surface area contributed by atoms with E-state index in [9.17, 15) is 8.42 Å². The largest absolute Gasteiger partial charge is 0.326 e. The number of nitrogens with two attached hydrogens (primary N) is 1. The molecular weight excluding hydrogens is 290 g/mol. The summed E-state index contributed by atoms with van der Waals surface area (Å²) in [6.45, 7) is 2.04. The molecule has 0 fully saturated rings. The van der Waals surface area contributed by atoms with E-state index in [1.807, 2.05) is 12.1 Å². The van der Waals surface area contributed by atoms with Gasteiger partial charge in [-0.05, 0) is 18.1 Å². The van der Waals surface area contributed by atoms with E-state index >= 15 is 0 Å². The molecule has 0 aliphatic rings. The lowest BCUT2D eigenvalue weighted by atomic mass is 10.1. The lowest BCUT2D eigenvalue weighted by Gasteiger charge is -2.14. The highest BCUT2D eigenvalue weighted by atomic mass is 32.2. The Kier molecular flexibility index (Phi) is 4.71. The summed E-state index contributed by atoms with van der Waals surface area (Å²) in [5, 5.41) is 7.65. The predicted octanol–water partition coefficient (Wildman–Crippen LogP) is 0.454. The average Bonchev–Trinajstić information content (AvgIpc) is 2.84. The molecule has 0 saturated heterocycles. The SMILES string of the molecule is CC(NS(=O)(=O)Cc1ccccc1CN)c1nncn1C. The van der Waals surface area contributed by atoms with E-state index in [0.29, 0.717) is 17.9 Å². The zero-order valence-electron chi connectivity index (χ0n) is 12.0. The van der Waals surface area contributed by atoms with Crippen LogP contribution in [-0.2, 0) is 29.4 Å². The quantitative estimate of drug-likeness (QED) is 0.806. The van der Waals surface area contributed by atoms with Crippen molar-refractivity contribution >= 4 is 10.0 Å². The van der Waals surface area contributed by atoms with Crippen LogP contribution in [0.3, 0.4) is 0 Å². The molecule has 0 amide bonds. The molecule has 1 heterocycles. The third kappa shape index (κ3) is 3.87. The van der Waals surface area contributed by atoms with Gasteiger partial charge < -0.3 is 10.3 Å². The second-order valence-corrected chi connectivity index (χ2v) is 6.63. The van der Waals surface area contributed by atoms with Gasteiger partial charge >= 0.3 is 0 Å². The average molecular weight is 309 g/mol. The van der Waals surface area contributed by atoms with Crippen LogP contribution in [0.15, 0.2) is 30.6 Å². The number of aryl methyl sites for hydroxylation is 1. The molecule has 0 spiro atoms. The molecule has 8 heteroatoms. The fourth-order valence-electron chi connectivity index (χ4n) is 2.15. The van der Waals surface area contributed by atoms with Crippen molar-refractivity contribution in [1.29, 1.82) is 0 Å². The highest BCUT2D eigenvalue weighted by molar-refractivity contribution is 7.88. The van der Waals surface area contributed by atoms with Crippen LogP contribution in [0.2, 0.25) is 0 Å². The Balaban J connectivity index is 2.14. The summed E-state index contributed by atoms with van der Waals surface area (Å²) >= 11 is 0. The Labute approximate surface area is 124 Å². The molecule has 114 valence electrons. The number of nitrogens with zero attached hydrogens (tertiary/aromatic N) is 3. The van der Waals surface area contributed by atoms with Gasteiger partial charge in [0.05, 0.1) is 11.8 Å². The van der Waals surface area contributed by atoms with Crippen molar-refractivity contribution in [2.75, 3.05) is 0 Å². The first-order chi connectivity index (χ1) is 9.93. The van der Waals surface area contributed by atoms with Gasteiger partial charge in [0.2, 0.25) is 10.0 Å². The zero-order chi connectivity index (χ0) is 15.5.